The number of hydrogen-bond donors (Lipinski definition) is 2. The first-order valence-electron chi connectivity index (χ1n) is 10.0. The van der Waals surface area contributed by atoms with E-state index in [2.05, 4.69) is 33.8 Å². The first kappa shape index (κ1) is 21.6. The summed E-state index contributed by atoms with van der Waals surface area (Å²) in [6.07, 6.45) is 1.70. The fourth-order valence-corrected chi connectivity index (χ4v) is 2.67. The highest BCUT2D eigenvalue weighted by molar-refractivity contribution is 5.79. The zero-order chi connectivity index (χ0) is 20.2. The maximum Gasteiger partial charge on any atom is 0.191 e. The van der Waals surface area contributed by atoms with Crippen LogP contribution in [0.25, 0.3) is 0 Å². The van der Waals surface area contributed by atoms with E-state index >= 15 is 0 Å². The molecule has 7 nitrogen and oxygen atoms in total. The number of aryl methyl sites for hydroxylation is 1. The van der Waals surface area contributed by atoms with Gasteiger partial charge in [-0.25, -0.2) is 4.99 Å². The van der Waals surface area contributed by atoms with Gasteiger partial charge >= 0.3 is 0 Å². The largest absolute Gasteiger partial charge is 0.490 e. The van der Waals surface area contributed by atoms with Crippen molar-refractivity contribution in [2.24, 2.45) is 4.99 Å². The van der Waals surface area contributed by atoms with E-state index in [1.165, 1.54) is 5.56 Å². The summed E-state index contributed by atoms with van der Waals surface area (Å²) in [5.74, 6) is 3.10. The first-order valence-corrected chi connectivity index (χ1v) is 10.0. The quantitative estimate of drug-likeness (QED) is 0.454. The van der Waals surface area contributed by atoms with Crippen LogP contribution in [0.5, 0.6) is 11.5 Å². The fourth-order valence-electron chi connectivity index (χ4n) is 2.67. The van der Waals surface area contributed by atoms with Crippen LogP contribution in [-0.2, 0) is 19.4 Å². The number of rotatable bonds is 11. The van der Waals surface area contributed by atoms with Crippen molar-refractivity contribution in [3.05, 3.63) is 41.3 Å². The molecular formula is C21H32N4O3. The smallest absolute Gasteiger partial charge is 0.191 e. The Hall–Kier alpha value is -2.70. The van der Waals surface area contributed by atoms with E-state index in [0.717, 1.165) is 54.8 Å². The van der Waals surface area contributed by atoms with Crippen molar-refractivity contribution in [1.29, 1.82) is 0 Å². The molecule has 1 aromatic carbocycles. The lowest BCUT2D eigenvalue weighted by Gasteiger charge is -2.14. The second-order valence-corrected chi connectivity index (χ2v) is 6.16. The molecular weight excluding hydrogens is 356 g/mol. The van der Waals surface area contributed by atoms with Crippen molar-refractivity contribution in [2.75, 3.05) is 26.3 Å². The van der Waals surface area contributed by atoms with E-state index in [1.54, 1.807) is 0 Å². The highest BCUT2D eigenvalue weighted by Gasteiger charge is 2.07. The van der Waals surface area contributed by atoms with Gasteiger partial charge in [0.1, 0.15) is 6.54 Å². The third kappa shape index (κ3) is 6.79. The highest BCUT2D eigenvalue weighted by Crippen LogP contribution is 2.28. The third-order valence-corrected chi connectivity index (χ3v) is 4.02. The predicted octanol–water partition coefficient (Wildman–Crippen LogP) is 3.33. The normalized spacial score (nSPS) is 11.4. The molecule has 154 valence electrons. The number of hydrogen-bond acceptors (Lipinski definition) is 5. The maximum absolute atomic E-state index is 5.70. The molecule has 2 rings (SSSR count). The van der Waals surface area contributed by atoms with Gasteiger partial charge in [-0.15, -0.1) is 0 Å². The van der Waals surface area contributed by atoms with E-state index in [-0.39, 0.29) is 0 Å². The number of benzene rings is 1. The Morgan fingerprint density at radius 1 is 1.04 bits per heavy atom. The van der Waals surface area contributed by atoms with Crippen LogP contribution in [0, 0.1) is 0 Å². The van der Waals surface area contributed by atoms with Gasteiger partial charge in [0.2, 0.25) is 0 Å². The number of nitrogens with one attached hydrogen (secondary N) is 2. The molecule has 0 amide bonds. The van der Waals surface area contributed by atoms with Crippen molar-refractivity contribution >= 4 is 5.96 Å². The average Bonchev–Trinajstić information content (AvgIpc) is 3.16. The molecule has 0 saturated heterocycles. The van der Waals surface area contributed by atoms with Gasteiger partial charge in [-0.2, -0.15) is 0 Å². The van der Waals surface area contributed by atoms with Crippen LogP contribution < -0.4 is 20.1 Å². The van der Waals surface area contributed by atoms with Crippen molar-refractivity contribution < 1.29 is 14.0 Å². The lowest BCUT2D eigenvalue weighted by Crippen LogP contribution is -2.38. The molecule has 2 aromatic rings. The molecule has 0 radical (unpaired) electrons. The first-order chi connectivity index (χ1) is 13.7. The number of guanidine groups is 1. The Morgan fingerprint density at radius 2 is 1.82 bits per heavy atom. The Balaban J connectivity index is 1.92. The van der Waals surface area contributed by atoms with Crippen molar-refractivity contribution in [3.63, 3.8) is 0 Å². The fraction of sp³-hybridized carbons (Fsp3) is 0.524. The van der Waals surface area contributed by atoms with Crippen LogP contribution in [0.15, 0.2) is 33.8 Å². The summed E-state index contributed by atoms with van der Waals surface area (Å²) in [6.45, 7) is 11.3. The van der Waals surface area contributed by atoms with Crippen LogP contribution in [-0.4, -0.2) is 37.4 Å². The van der Waals surface area contributed by atoms with E-state index in [1.807, 2.05) is 39.0 Å². The summed E-state index contributed by atoms with van der Waals surface area (Å²) < 4.78 is 16.6. The summed E-state index contributed by atoms with van der Waals surface area (Å²) >= 11 is 0. The monoisotopic (exact) mass is 388 g/mol. The van der Waals surface area contributed by atoms with Gasteiger partial charge in [0.25, 0.3) is 0 Å². The average molecular weight is 389 g/mol. The van der Waals surface area contributed by atoms with Crippen molar-refractivity contribution in [3.8, 4) is 11.5 Å². The van der Waals surface area contributed by atoms with Gasteiger partial charge in [-0.1, -0.05) is 18.1 Å². The van der Waals surface area contributed by atoms with E-state index in [9.17, 15) is 0 Å². The number of aromatic nitrogens is 1. The molecule has 28 heavy (non-hydrogen) atoms. The SMILES string of the molecule is CCNC(=NCc1cc(CC)no1)NCCc1ccc(OCC)c(OCC)c1. The maximum atomic E-state index is 5.70. The highest BCUT2D eigenvalue weighted by atomic mass is 16.5. The summed E-state index contributed by atoms with van der Waals surface area (Å²) in [5.41, 5.74) is 2.13. The van der Waals surface area contributed by atoms with E-state index in [4.69, 9.17) is 14.0 Å². The summed E-state index contributed by atoms with van der Waals surface area (Å²) in [5, 5.41) is 10.6. The third-order valence-electron chi connectivity index (χ3n) is 4.02. The molecule has 7 heteroatoms. The van der Waals surface area contributed by atoms with Gasteiger partial charge in [0.05, 0.1) is 18.9 Å². The lowest BCUT2D eigenvalue weighted by molar-refractivity contribution is 0.287. The molecule has 0 saturated carbocycles. The molecule has 0 bridgehead atoms. The molecule has 0 fully saturated rings. The van der Waals surface area contributed by atoms with Gasteiger partial charge in [0.15, 0.2) is 23.2 Å². The number of ether oxygens (including phenoxy) is 2. The minimum Gasteiger partial charge on any atom is -0.490 e. The minimum atomic E-state index is 0.458. The van der Waals surface area contributed by atoms with Gasteiger partial charge in [-0.05, 0) is 51.3 Å². The van der Waals surface area contributed by atoms with Gasteiger partial charge in [-0.3, -0.25) is 0 Å². The molecule has 0 atom stereocenters. The van der Waals surface area contributed by atoms with E-state index < -0.39 is 0 Å². The van der Waals surface area contributed by atoms with Crippen LogP contribution in [0.4, 0.5) is 0 Å². The molecule has 0 spiro atoms. The second-order valence-electron chi connectivity index (χ2n) is 6.16. The zero-order valence-corrected chi connectivity index (χ0v) is 17.4. The number of aliphatic imine (C=N–C) groups is 1. The van der Waals surface area contributed by atoms with Crippen LogP contribution in [0.2, 0.25) is 0 Å². The standard InChI is InChI=1S/C21H32N4O3/c1-5-17-14-18(28-25-17)15-24-21(22-6-2)23-12-11-16-9-10-19(26-7-3)20(13-16)27-8-4/h9-10,13-14H,5-8,11-12,15H2,1-4H3,(H2,22,23,24). The Labute approximate surface area is 167 Å². The van der Waals surface area contributed by atoms with Crippen LogP contribution in [0.3, 0.4) is 0 Å². The summed E-state index contributed by atoms with van der Waals surface area (Å²) in [6, 6.07) is 8.03. The molecule has 0 unspecified atom stereocenters. The molecule has 0 aliphatic rings. The topological polar surface area (TPSA) is 80.9 Å². The predicted molar refractivity (Wildman–Crippen MR) is 111 cm³/mol. The second kappa shape index (κ2) is 11.9. The summed E-state index contributed by atoms with van der Waals surface area (Å²) in [4.78, 5) is 4.56. The lowest BCUT2D eigenvalue weighted by atomic mass is 10.1. The van der Waals surface area contributed by atoms with Crippen LogP contribution >= 0.6 is 0 Å². The minimum absolute atomic E-state index is 0.458. The summed E-state index contributed by atoms with van der Waals surface area (Å²) in [7, 11) is 0. The molecule has 0 aliphatic heterocycles. The zero-order valence-electron chi connectivity index (χ0n) is 17.4. The van der Waals surface area contributed by atoms with Crippen molar-refractivity contribution in [1.82, 2.24) is 15.8 Å². The Kier molecular flexibility index (Phi) is 9.18. The molecule has 1 heterocycles. The Bertz CT molecular complexity index is 743. The van der Waals surface area contributed by atoms with Crippen molar-refractivity contribution in [2.45, 2.75) is 47.1 Å². The number of nitrogens with zero attached hydrogens (tertiary/aromatic N) is 2. The van der Waals surface area contributed by atoms with Gasteiger partial charge < -0.3 is 24.6 Å². The van der Waals surface area contributed by atoms with Crippen LogP contribution in [0.1, 0.15) is 44.7 Å². The Morgan fingerprint density at radius 3 is 2.50 bits per heavy atom. The molecule has 2 N–H and O–H groups in total. The van der Waals surface area contributed by atoms with E-state index in [0.29, 0.717) is 19.8 Å². The molecule has 0 aliphatic carbocycles. The molecule has 1 aromatic heterocycles. The van der Waals surface area contributed by atoms with Gasteiger partial charge in [0, 0.05) is 19.2 Å².